The maximum absolute atomic E-state index is 15.8. The highest BCUT2D eigenvalue weighted by molar-refractivity contribution is 5.98. The molecule has 1 aliphatic carbocycles. The molecule has 7 rings (SSSR count). The number of alkyl halides is 1. The van der Waals surface area contributed by atoms with Gasteiger partial charge in [-0.05, 0) is 92.4 Å². The highest BCUT2D eigenvalue weighted by Gasteiger charge is 2.34. The number of fused-ring (bicyclic) bond motifs is 5. The summed E-state index contributed by atoms with van der Waals surface area (Å²) in [6, 6.07) is 17.5. The van der Waals surface area contributed by atoms with Crippen LogP contribution in [0.5, 0.6) is 5.75 Å². The maximum atomic E-state index is 15.8. The van der Waals surface area contributed by atoms with E-state index in [0.717, 1.165) is 110 Å². The van der Waals surface area contributed by atoms with Gasteiger partial charge in [0.25, 0.3) is 0 Å². The zero-order chi connectivity index (χ0) is 30.0. The second-order valence-corrected chi connectivity index (χ2v) is 12.6. The van der Waals surface area contributed by atoms with Gasteiger partial charge < -0.3 is 19.3 Å². The Bertz CT molecular complexity index is 1630. The molecular formula is C36H41FN4O3. The fourth-order valence-electron chi connectivity index (χ4n) is 7.52. The number of hydrogen-bond acceptors (Lipinski definition) is 5. The third-order valence-corrected chi connectivity index (χ3v) is 9.81. The normalized spacial score (nSPS) is 21.0. The lowest BCUT2D eigenvalue weighted by Crippen LogP contribution is -2.36. The number of aromatic carboxylic acids is 1. The summed E-state index contributed by atoms with van der Waals surface area (Å²) in [7, 11) is 0. The van der Waals surface area contributed by atoms with Crippen molar-refractivity contribution < 1.29 is 19.0 Å². The monoisotopic (exact) mass is 596 g/mol. The zero-order valence-corrected chi connectivity index (χ0v) is 25.3. The molecule has 0 amide bonds. The van der Waals surface area contributed by atoms with Gasteiger partial charge in [-0.2, -0.15) is 0 Å². The van der Waals surface area contributed by atoms with Crippen LogP contribution < -0.4 is 4.74 Å². The van der Waals surface area contributed by atoms with E-state index in [1.807, 2.05) is 30.3 Å². The van der Waals surface area contributed by atoms with Crippen molar-refractivity contribution in [1.82, 2.24) is 19.4 Å². The number of carboxylic acids is 1. The summed E-state index contributed by atoms with van der Waals surface area (Å²) in [6.45, 7) is 7.01. The van der Waals surface area contributed by atoms with Crippen molar-refractivity contribution in [3.05, 3.63) is 83.2 Å². The molecule has 2 fully saturated rings. The lowest BCUT2D eigenvalue weighted by molar-refractivity contribution is 0.0697. The first-order valence-corrected chi connectivity index (χ1v) is 16.2. The fraction of sp³-hybridized carbons (Fsp3) is 0.444. The molecule has 1 saturated carbocycles. The predicted molar refractivity (Wildman–Crippen MR) is 170 cm³/mol. The number of nitrogens with zero attached hydrogens (tertiary/aromatic N) is 4. The van der Waals surface area contributed by atoms with Crippen LogP contribution in [0.3, 0.4) is 0 Å². The van der Waals surface area contributed by atoms with Crippen molar-refractivity contribution in [3.63, 3.8) is 0 Å². The summed E-state index contributed by atoms with van der Waals surface area (Å²) >= 11 is 0. The number of likely N-dealkylation sites (tertiary alicyclic amines) is 1. The number of hydrogen-bond donors (Lipinski definition) is 1. The van der Waals surface area contributed by atoms with Crippen LogP contribution in [0.4, 0.5) is 4.39 Å². The molecule has 2 aromatic carbocycles. The van der Waals surface area contributed by atoms with Crippen molar-refractivity contribution in [2.24, 2.45) is 0 Å². The van der Waals surface area contributed by atoms with Gasteiger partial charge in [0, 0.05) is 61.3 Å². The van der Waals surface area contributed by atoms with Crippen LogP contribution in [-0.4, -0.2) is 69.3 Å². The standard InChI is InChI=1S/C36H41FN4O3/c37-32-9-2-1-8-30(32)34-31-12-10-25(36(42)43)22-33(31)41-20-19-40(18-17-39-15-5-6-16-39)23-26-21-28(11-13-29(26)35(34)41)44-24-27-7-3-4-14-38-27/h3-4,7,10-14,21-22,30,32H,1-2,5-6,8-9,15-20,23-24H2,(H,42,43)/t30-,32-/m0/s1. The lowest BCUT2D eigenvalue weighted by atomic mass is 9.80. The number of carboxylic acid groups (broad SMARTS) is 1. The van der Waals surface area contributed by atoms with Crippen molar-refractivity contribution in [3.8, 4) is 17.0 Å². The van der Waals surface area contributed by atoms with Gasteiger partial charge in [0.05, 0.1) is 17.0 Å². The average molecular weight is 597 g/mol. The van der Waals surface area contributed by atoms with Crippen LogP contribution in [0.1, 0.15) is 71.6 Å². The van der Waals surface area contributed by atoms with E-state index in [2.05, 4.69) is 31.5 Å². The summed E-state index contributed by atoms with van der Waals surface area (Å²) < 4.78 is 24.3. The Morgan fingerprint density at radius 3 is 2.57 bits per heavy atom. The van der Waals surface area contributed by atoms with Gasteiger partial charge in [-0.1, -0.05) is 25.0 Å². The highest BCUT2D eigenvalue weighted by Crippen LogP contribution is 2.47. The Balaban J connectivity index is 1.34. The molecule has 44 heavy (non-hydrogen) atoms. The van der Waals surface area contributed by atoms with Crippen LogP contribution in [0.25, 0.3) is 22.2 Å². The second kappa shape index (κ2) is 12.7. The fourth-order valence-corrected chi connectivity index (χ4v) is 7.52. The number of rotatable bonds is 8. The number of pyridine rings is 1. The van der Waals surface area contributed by atoms with Crippen LogP contribution >= 0.6 is 0 Å². The summed E-state index contributed by atoms with van der Waals surface area (Å²) in [4.78, 5) is 21.5. The molecule has 1 saturated heterocycles. The molecule has 0 radical (unpaired) electrons. The quantitative estimate of drug-likeness (QED) is 0.239. The molecule has 3 aliphatic rings. The van der Waals surface area contributed by atoms with E-state index in [1.54, 1.807) is 18.3 Å². The SMILES string of the molecule is O=C(O)c1ccc2c([C@H]3CCCC[C@@H]3F)c3n(c2c1)CCN(CCN1CCCC1)Cc1cc(OCc2ccccn2)ccc1-3. The third-order valence-electron chi connectivity index (χ3n) is 9.81. The molecule has 0 unspecified atom stereocenters. The Hall–Kier alpha value is -3.75. The first kappa shape index (κ1) is 29.0. The molecule has 0 bridgehead atoms. The molecule has 2 atom stereocenters. The van der Waals surface area contributed by atoms with E-state index in [9.17, 15) is 9.90 Å². The maximum Gasteiger partial charge on any atom is 0.335 e. The number of halogens is 1. The van der Waals surface area contributed by atoms with Crippen LogP contribution in [0.15, 0.2) is 60.8 Å². The number of benzene rings is 2. The molecule has 8 heteroatoms. The Morgan fingerprint density at radius 1 is 0.932 bits per heavy atom. The lowest BCUT2D eigenvalue weighted by Gasteiger charge is -2.31. The van der Waals surface area contributed by atoms with Crippen molar-refractivity contribution >= 4 is 16.9 Å². The summed E-state index contributed by atoms with van der Waals surface area (Å²) in [5.74, 6) is -0.372. The van der Waals surface area contributed by atoms with Crippen molar-refractivity contribution in [1.29, 1.82) is 0 Å². The molecule has 1 N–H and O–H groups in total. The van der Waals surface area contributed by atoms with Gasteiger partial charge in [-0.3, -0.25) is 9.88 Å². The van der Waals surface area contributed by atoms with Crippen LogP contribution in [0, 0.1) is 0 Å². The van der Waals surface area contributed by atoms with Crippen molar-refractivity contribution in [2.45, 2.75) is 70.3 Å². The predicted octanol–water partition coefficient (Wildman–Crippen LogP) is 6.89. The van der Waals surface area contributed by atoms with Gasteiger partial charge in [0.1, 0.15) is 18.5 Å². The molecule has 2 aliphatic heterocycles. The molecule has 0 spiro atoms. The first-order chi connectivity index (χ1) is 21.5. The van der Waals surface area contributed by atoms with E-state index >= 15 is 4.39 Å². The number of aromatic nitrogens is 2. The van der Waals surface area contributed by atoms with Gasteiger partial charge >= 0.3 is 5.97 Å². The van der Waals surface area contributed by atoms with Crippen LogP contribution in [0.2, 0.25) is 0 Å². The Morgan fingerprint density at radius 2 is 1.77 bits per heavy atom. The molecule has 4 heterocycles. The largest absolute Gasteiger partial charge is 0.487 e. The number of carbonyl (C=O) groups is 1. The molecule has 4 aromatic rings. The minimum Gasteiger partial charge on any atom is -0.487 e. The van der Waals surface area contributed by atoms with Gasteiger partial charge in [-0.25, -0.2) is 9.18 Å². The van der Waals surface area contributed by atoms with Crippen LogP contribution in [-0.2, 0) is 19.7 Å². The summed E-state index contributed by atoms with van der Waals surface area (Å²) in [5.41, 5.74) is 6.34. The smallest absolute Gasteiger partial charge is 0.335 e. The summed E-state index contributed by atoms with van der Waals surface area (Å²) in [6.07, 6.45) is 6.68. The minimum atomic E-state index is -0.946. The Kier molecular flexibility index (Phi) is 8.37. The van der Waals surface area contributed by atoms with Gasteiger partial charge in [0.2, 0.25) is 0 Å². The topological polar surface area (TPSA) is 70.8 Å². The van der Waals surface area contributed by atoms with E-state index in [1.165, 1.54) is 12.8 Å². The molecular weight excluding hydrogens is 555 g/mol. The van der Waals surface area contributed by atoms with E-state index in [4.69, 9.17) is 4.74 Å². The molecule has 2 aromatic heterocycles. The minimum absolute atomic E-state index is 0.211. The highest BCUT2D eigenvalue weighted by atomic mass is 19.1. The molecule has 7 nitrogen and oxygen atoms in total. The molecule has 230 valence electrons. The first-order valence-electron chi connectivity index (χ1n) is 16.2. The average Bonchev–Trinajstić information content (AvgIpc) is 3.67. The third kappa shape index (κ3) is 5.85. The van der Waals surface area contributed by atoms with E-state index in [-0.39, 0.29) is 11.5 Å². The van der Waals surface area contributed by atoms with E-state index < -0.39 is 12.1 Å². The van der Waals surface area contributed by atoms with Gasteiger partial charge in [0.15, 0.2) is 0 Å². The number of ether oxygens (including phenoxy) is 1. The Labute approximate surface area is 258 Å². The van der Waals surface area contributed by atoms with Crippen molar-refractivity contribution in [2.75, 3.05) is 32.7 Å². The van der Waals surface area contributed by atoms with Gasteiger partial charge in [-0.15, -0.1) is 0 Å². The van der Waals surface area contributed by atoms with E-state index in [0.29, 0.717) is 13.0 Å². The second-order valence-electron chi connectivity index (χ2n) is 12.6. The zero-order valence-electron chi connectivity index (χ0n) is 25.3. The summed E-state index contributed by atoms with van der Waals surface area (Å²) in [5, 5.41) is 10.9.